The molecule has 1 atom stereocenters. The molecule has 2 heterocycles. The summed E-state index contributed by atoms with van der Waals surface area (Å²) in [7, 11) is 0. The van der Waals surface area contributed by atoms with Gasteiger partial charge in [-0.25, -0.2) is 0 Å². The van der Waals surface area contributed by atoms with Crippen LogP contribution in [0.4, 0.5) is 0 Å². The van der Waals surface area contributed by atoms with Crippen molar-refractivity contribution < 1.29 is 4.52 Å². The van der Waals surface area contributed by atoms with Crippen LogP contribution in [0.25, 0.3) is 0 Å². The lowest BCUT2D eigenvalue weighted by Crippen LogP contribution is -2.48. The molecule has 1 aliphatic heterocycles. The largest absolute Gasteiger partial charge is 0.360 e. The van der Waals surface area contributed by atoms with Crippen LogP contribution in [0.2, 0.25) is 0 Å². The molecule has 0 aliphatic carbocycles. The Bertz CT molecular complexity index is 358. The van der Waals surface area contributed by atoms with Crippen LogP contribution in [0.5, 0.6) is 0 Å². The number of hydrogen-bond acceptors (Lipinski definition) is 5. The van der Waals surface area contributed by atoms with E-state index in [0.717, 1.165) is 44.2 Å². The Balaban J connectivity index is 1.79. The minimum Gasteiger partial charge on any atom is -0.360 e. The molecule has 1 fully saturated rings. The van der Waals surface area contributed by atoms with E-state index in [1.54, 1.807) is 0 Å². The summed E-state index contributed by atoms with van der Waals surface area (Å²) in [5, 5.41) is 3.92. The fourth-order valence-corrected chi connectivity index (χ4v) is 2.37. The summed E-state index contributed by atoms with van der Waals surface area (Å²) in [4.78, 5) is 4.97. The zero-order chi connectivity index (χ0) is 13.0. The number of aromatic nitrogens is 1. The van der Waals surface area contributed by atoms with E-state index in [9.17, 15) is 0 Å². The number of nitrogens with two attached hydrogens (primary N) is 1. The predicted octanol–water partition coefficient (Wildman–Crippen LogP) is 1.05. The molecule has 0 radical (unpaired) electrons. The first-order valence-electron chi connectivity index (χ1n) is 6.84. The van der Waals surface area contributed by atoms with Gasteiger partial charge in [0.1, 0.15) is 0 Å². The topological polar surface area (TPSA) is 58.5 Å². The molecule has 18 heavy (non-hydrogen) atoms. The average Bonchev–Trinajstić information content (AvgIpc) is 2.86. The lowest BCUT2D eigenvalue weighted by molar-refractivity contribution is 0.0904. The highest BCUT2D eigenvalue weighted by Gasteiger charge is 2.20. The molecule has 2 rings (SSSR count). The third kappa shape index (κ3) is 3.31. The van der Waals surface area contributed by atoms with E-state index in [1.807, 2.05) is 6.07 Å². The molecule has 102 valence electrons. The van der Waals surface area contributed by atoms with E-state index < -0.39 is 0 Å². The Morgan fingerprint density at radius 2 is 2.11 bits per heavy atom. The second-order valence-corrected chi connectivity index (χ2v) is 5.06. The fourth-order valence-electron chi connectivity index (χ4n) is 2.37. The summed E-state index contributed by atoms with van der Waals surface area (Å²) in [6.45, 7) is 10.3. The standard InChI is InChI=1S/C13H24N4O/c1-3-11(2)17-6-4-16(5-7-17)10-13-8-12(9-14)15-18-13/h8,11H,3-7,9-10,14H2,1-2H3. The van der Waals surface area contributed by atoms with Crippen LogP contribution in [-0.2, 0) is 13.1 Å². The lowest BCUT2D eigenvalue weighted by Gasteiger charge is -2.37. The molecule has 0 saturated carbocycles. The molecule has 0 aromatic carbocycles. The van der Waals surface area contributed by atoms with Gasteiger partial charge in [0.2, 0.25) is 0 Å². The van der Waals surface area contributed by atoms with Gasteiger partial charge in [-0.05, 0) is 13.3 Å². The Kier molecular flexibility index (Phi) is 4.74. The molecule has 5 heteroatoms. The fraction of sp³-hybridized carbons (Fsp3) is 0.769. The number of hydrogen-bond donors (Lipinski definition) is 1. The van der Waals surface area contributed by atoms with Gasteiger partial charge in [0.05, 0.1) is 12.2 Å². The Hall–Kier alpha value is -0.910. The molecule has 0 amide bonds. The van der Waals surface area contributed by atoms with Crippen LogP contribution in [-0.4, -0.2) is 47.2 Å². The second kappa shape index (κ2) is 6.31. The molecule has 0 bridgehead atoms. The Morgan fingerprint density at radius 1 is 1.39 bits per heavy atom. The zero-order valence-corrected chi connectivity index (χ0v) is 11.4. The van der Waals surface area contributed by atoms with E-state index in [0.29, 0.717) is 12.6 Å². The van der Waals surface area contributed by atoms with E-state index in [2.05, 4.69) is 28.8 Å². The smallest absolute Gasteiger partial charge is 0.151 e. The number of nitrogens with zero attached hydrogens (tertiary/aromatic N) is 3. The van der Waals surface area contributed by atoms with Gasteiger partial charge in [-0.1, -0.05) is 12.1 Å². The number of rotatable bonds is 5. The molecule has 1 aliphatic rings. The molecule has 2 N–H and O–H groups in total. The summed E-state index contributed by atoms with van der Waals surface area (Å²) in [6.07, 6.45) is 1.22. The van der Waals surface area contributed by atoms with Crippen molar-refractivity contribution in [3.8, 4) is 0 Å². The highest BCUT2D eigenvalue weighted by molar-refractivity contribution is 5.04. The van der Waals surface area contributed by atoms with Crippen LogP contribution < -0.4 is 5.73 Å². The van der Waals surface area contributed by atoms with Crippen LogP contribution in [0.1, 0.15) is 31.7 Å². The van der Waals surface area contributed by atoms with Crippen LogP contribution in [0, 0.1) is 0 Å². The predicted molar refractivity (Wildman–Crippen MR) is 71.0 cm³/mol. The van der Waals surface area contributed by atoms with Crippen LogP contribution in [0.3, 0.4) is 0 Å². The van der Waals surface area contributed by atoms with Crippen LogP contribution in [0.15, 0.2) is 10.6 Å². The minimum atomic E-state index is 0.450. The number of piperazine rings is 1. The van der Waals surface area contributed by atoms with Crippen molar-refractivity contribution in [3.05, 3.63) is 17.5 Å². The lowest BCUT2D eigenvalue weighted by atomic mass is 10.2. The molecule has 1 aromatic heterocycles. The summed E-state index contributed by atoms with van der Waals surface area (Å²) in [6, 6.07) is 2.65. The van der Waals surface area contributed by atoms with E-state index in [1.165, 1.54) is 6.42 Å². The quantitative estimate of drug-likeness (QED) is 0.849. The monoisotopic (exact) mass is 252 g/mol. The maximum absolute atomic E-state index is 5.52. The van der Waals surface area contributed by atoms with Crippen molar-refractivity contribution in [2.24, 2.45) is 5.73 Å². The highest BCUT2D eigenvalue weighted by atomic mass is 16.5. The molecule has 1 aromatic rings. The van der Waals surface area contributed by atoms with Crippen molar-refractivity contribution in [1.82, 2.24) is 15.0 Å². The molecule has 1 saturated heterocycles. The summed E-state index contributed by atoms with van der Waals surface area (Å²) < 4.78 is 5.27. The molecular formula is C13H24N4O. The van der Waals surface area contributed by atoms with Gasteiger partial charge in [0.15, 0.2) is 5.76 Å². The average molecular weight is 252 g/mol. The van der Waals surface area contributed by atoms with Gasteiger partial charge in [-0.3, -0.25) is 9.80 Å². The van der Waals surface area contributed by atoms with E-state index in [-0.39, 0.29) is 0 Å². The molecule has 0 spiro atoms. The van der Waals surface area contributed by atoms with Gasteiger partial charge < -0.3 is 10.3 Å². The van der Waals surface area contributed by atoms with Crippen molar-refractivity contribution in [2.75, 3.05) is 26.2 Å². The normalized spacial score (nSPS) is 20.2. The summed E-state index contributed by atoms with van der Waals surface area (Å²) in [5.41, 5.74) is 6.36. The SMILES string of the molecule is CCC(C)N1CCN(Cc2cc(CN)no2)CC1. The van der Waals surface area contributed by atoms with E-state index >= 15 is 0 Å². The minimum absolute atomic E-state index is 0.450. The summed E-state index contributed by atoms with van der Waals surface area (Å²) in [5.74, 6) is 0.924. The van der Waals surface area contributed by atoms with Crippen molar-refractivity contribution >= 4 is 0 Å². The summed E-state index contributed by atoms with van der Waals surface area (Å²) >= 11 is 0. The molecular weight excluding hydrogens is 228 g/mol. The maximum atomic E-state index is 5.52. The maximum Gasteiger partial charge on any atom is 0.151 e. The van der Waals surface area contributed by atoms with Crippen molar-refractivity contribution in [2.45, 2.75) is 39.4 Å². The molecule has 5 nitrogen and oxygen atoms in total. The van der Waals surface area contributed by atoms with Crippen molar-refractivity contribution in [1.29, 1.82) is 0 Å². The Labute approximate surface area is 109 Å². The zero-order valence-electron chi connectivity index (χ0n) is 11.4. The van der Waals surface area contributed by atoms with Gasteiger partial charge in [0, 0.05) is 44.8 Å². The third-order valence-corrected chi connectivity index (χ3v) is 3.82. The molecule has 1 unspecified atom stereocenters. The van der Waals surface area contributed by atoms with Gasteiger partial charge in [-0.15, -0.1) is 0 Å². The highest BCUT2D eigenvalue weighted by Crippen LogP contribution is 2.12. The Morgan fingerprint density at radius 3 is 2.67 bits per heavy atom. The second-order valence-electron chi connectivity index (χ2n) is 5.06. The first-order valence-corrected chi connectivity index (χ1v) is 6.84. The third-order valence-electron chi connectivity index (χ3n) is 3.82. The van der Waals surface area contributed by atoms with E-state index in [4.69, 9.17) is 10.3 Å². The van der Waals surface area contributed by atoms with Gasteiger partial charge >= 0.3 is 0 Å². The van der Waals surface area contributed by atoms with Gasteiger partial charge in [-0.2, -0.15) is 0 Å². The first-order chi connectivity index (χ1) is 8.72. The first kappa shape index (κ1) is 13.5. The van der Waals surface area contributed by atoms with Crippen LogP contribution >= 0.6 is 0 Å². The van der Waals surface area contributed by atoms with Gasteiger partial charge in [0.25, 0.3) is 0 Å². The van der Waals surface area contributed by atoms with Crippen molar-refractivity contribution in [3.63, 3.8) is 0 Å².